The Bertz CT molecular complexity index is 641. The zero-order valence-electron chi connectivity index (χ0n) is 13.7. The van der Waals surface area contributed by atoms with Crippen molar-refractivity contribution in [3.8, 4) is 0 Å². The van der Waals surface area contributed by atoms with E-state index in [0.717, 1.165) is 5.69 Å². The minimum atomic E-state index is -0.212. The summed E-state index contributed by atoms with van der Waals surface area (Å²) in [5.41, 5.74) is 2.58. The van der Waals surface area contributed by atoms with Gasteiger partial charge in [0.1, 0.15) is 0 Å². The number of ether oxygens (including phenoxy) is 1. The fourth-order valence-corrected chi connectivity index (χ4v) is 2.11. The molecule has 0 aliphatic carbocycles. The molecule has 0 atom stereocenters. The quantitative estimate of drug-likeness (QED) is 0.769. The van der Waals surface area contributed by atoms with Gasteiger partial charge in [-0.25, -0.2) is 9.97 Å². The summed E-state index contributed by atoms with van der Waals surface area (Å²) in [5, 5.41) is 5.93. The summed E-state index contributed by atoms with van der Waals surface area (Å²) >= 11 is 0. The van der Waals surface area contributed by atoms with Crippen LogP contribution in [-0.4, -0.2) is 36.1 Å². The monoisotopic (exact) mass is 314 g/mol. The van der Waals surface area contributed by atoms with Crippen LogP contribution in [0.1, 0.15) is 35.7 Å². The summed E-state index contributed by atoms with van der Waals surface area (Å²) in [6.45, 7) is 5.19. The first-order valence-electron chi connectivity index (χ1n) is 7.57. The number of methoxy groups -OCH3 is 1. The van der Waals surface area contributed by atoms with Gasteiger partial charge < -0.3 is 15.4 Å². The minimum absolute atomic E-state index is 0.212. The summed E-state index contributed by atoms with van der Waals surface area (Å²) in [6, 6.07) is 8.04. The van der Waals surface area contributed by atoms with Gasteiger partial charge in [0.15, 0.2) is 0 Å². The molecule has 0 aliphatic rings. The molecule has 6 nitrogen and oxygen atoms in total. The van der Waals surface area contributed by atoms with Crippen molar-refractivity contribution in [1.29, 1.82) is 0 Å². The SMILES string of the molecule is COCCNC(=O)c1cnc(Nc2ccccc2C(C)C)nc1. The van der Waals surface area contributed by atoms with E-state index in [1.807, 2.05) is 18.2 Å². The van der Waals surface area contributed by atoms with Gasteiger partial charge in [-0.05, 0) is 17.5 Å². The second-order valence-electron chi connectivity index (χ2n) is 5.41. The van der Waals surface area contributed by atoms with E-state index in [-0.39, 0.29) is 5.91 Å². The first-order chi connectivity index (χ1) is 11.1. The largest absolute Gasteiger partial charge is 0.383 e. The molecule has 6 heteroatoms. The van der Waals surface area contributed by atoms with Crippen molar-refractivity contribution in [2.24, 2.45) is 0 Å². The highest BCUT2D eigenvalue weighted by atomic mass is 16.5. The summed E-state index contributed by atoms with van der Waals surface area (Å²) < 4.78 is 4.89. The molecule has 122 valence electrons. The molecule has 2 N–H and O–H groups in total. The van der Waals surface area contributed by atoms with Crippen LogP contribution in [0.15, 0.2) is 36.7 Å². The van der Waals surface area contributed by atoms with Crippen molar-refractivity contribution in [3.05, 3.63) is 47.8 Å². The minimum Gasteiger partial charge on any atom is -0.383 e. The molecule has 0 aliphatic heterocycles. The Balaban J connectivity index is 2.04. The summed E-state index contributed by atoms with van der Waals surface area (Å²) in [4.78, 5) is 20.3. The summed E-state index contributed by atoms with van der Waals surface area (Å²) in [6.07, 6.45) is 3.02. The number of hydrogen-bond acceptors (Lipinski definition) is 5. The molecule has 0 saturated carbocycles. The molecule has 1 amide bonds. The van der Waals surface area contributed by atoms with Crippen molar-refractivity contribution in [3.63, 3.8) is 0 Å². The van der Waals surface area contributed by atoms with Gasteiger partial charge in [-0.1, -0.05) is 32.0 Å². The van der Waals surface area contributed by atoms with E-state index in [9.17, 15) is 4.79 Å². The molecule has 1 aromatic carbocycles. The molecular weight excluding hydrogens is 292 g/mol. The second-order valence-corrected chi connectivity index (χ2v) is 5.41. The molecule has 0 radical (unpaired) electrons. The molecule has 0 bridgehead atoms. The van der Waals surface area contributed by atoms with Crippen LogP contribution in [0.3, 0.4) is 0 Å². The zero-order valence-corrected chi connectivity index (χ0v) is 13.7. The molecular formula is C17H22N4O2. The van der Waals surface area contributed by atoms with Gasteiger partial charge in [-0.15, -0.1) is 0 Å². The van der Waals surface area contributed by atoms with Crippen LogP contribution in [0.4, 0.5) is 11.6 Å². The summed E-state index contributed by atoms with van der Waals surface area (Å²) in [5.74, 6) is 0.646. The maximum atomic E-state index is 11.9. The van der Waals surface area contributed by atoms with E-state index in [4.69, 9.17) is 4.74 Å². The highest BCUT2D eigenvalue weighted by molar-refractivity contribution is 5.93. The number of nitrogens with zero attached hydrogens (tertiary/aromatic N) is 2. The van der Waals surface area contributed by atoms with E-state index in [0.29, 0.717) is 30.6 Å². The highest BCUT2D eigenvalue weighted by Gasteiger charge is 2.09. The fourth-order valence-electron chi connectivity index (χ4n) is 2.11. The van der Waals surface area contributed by atoms with Crippen LogP contribution in [0, 0.1) is 0 Å². The molecule has 1 aromatic heterocycles. The average Bonchev–Trinajstić information content (AvgIpc) is 2.56. The number of rotatable bonds is 7. The normalized spacial score (nSPS) is 10.6. The first-order valence-corrected chi connectivity index (χ1v) is 7.57. The van der Waals surface area contributed by atoms with Gasteiger partial charge in [-0.3, -0.25) is 4.79 Å². The van der Waals surface area contributed by atoms with E-state index in [1.54, 1.807) is 7.11 Å². The molecule has 0 saturated heterocycles. The Kier molecular flexibility index (Phi) is 6.05. The molecule has 2 aromatic rings. The fraction of sp³-hybridized carbons (Fsp3) is 0.353. The lowest BCUT2D eigenvalue weighted by molar-refractivity contribution is 0.0936. The number of anilines is 2. The lowest BCUT2D eigenvalue weighted by atomic mass is 10.0. The number of hydrogen-bond donors (Lipinski definition) is 2. The van der Waals surface area contributed by atoms with Gasteiger partial charge in [0.25, 0.3) is 5.91 Å². The lowest BCUT2D eigenvalue weighted by Crippen LogP contribution is -2.27. The van der Waals surface area contributed by atoms with Gasteiger partial charge in [0.2, 0.25) is 5.95 Å². The van der Waals surface area contributed by atoms with Crippen molar-refractivity contribution in [2.75, 3.05) is 25.6 Å². The Labute approximate surface area is 136 Å². The Morgan fingerprint density at radius 3 is 2.57 bits per heavy atom. The molecule has 0 spiro atoms. The van der Waals surface area contributed by atoms with Crippen LogP contribution in [0.5, 0.6) is 0 Å². The maximum Gasteiger partial charge on any atom is 0.254 e. The predicted octanol–water partition coefficient (Wildman–Crippen LogP) is 2.72. The Morgan fingerprint density at radius 1 is 1.22 bits per heavy atom. The van der Waals surface area contributed by atoms with E-state index >= 15 is 0 Å². The van der Waals surface area contributed by atoms with Gasteiger partial charge >= 0.3 is 0 Å². The van der Waals surface area contributed by atoms with Crippen molar-refractivity contribution >= 4 is 17.5 Å². The first kappa shape index (κ1) is 16.9. The zero-order chi connectivity index (χ0) is 16.7. The number of carbonyl (C=O) groups excluding carboxylic acids is 1. The lowest BCUT2D eigenvalue weighted by Gasteiger charge is -2.13. The maximum absolute atomic E-state index is 11.9. The van der Waals surface area contributed by atoms with Crippen LogP contribution in [-0.2, 0) is 4.74 Å². The van der Waals surface area contributed by atoms with E-state index in [2.05, 4.69) is 40.5 Å². The molecule has 2 rings (SSSR count). The van der Waals surface area contributed by atoms with Gasteiger partial charge in [0.05, 0.1) is 12.2 Å². The van der Waals surface area contributed by atoms with Crippen molar-refractivity contribution < 1.29 is 9.53 Å². The third kappa shape index (κ3) is 4.75. The molecule has 1 heterocycles. The number of nitrogens with one attached hydrogen (secondary N) is 2. The van der Waals surface area contributed by atoms with Gasteiger partial charge in [0, 0.05) is 31.7 Å². The smallest absolute Gasteiger partial charge is 0.254 e. The molecule has 0 unspecified atom stereocenters. The number of aromatic nitrogens is 2. The van der Waals surface area contributed by atoms with Crippen molar-refractivity contribution in [2.45, 2.75) is 19.8 Å². The second kappa shape index (κ2) is 8.24. The molecule has 23 heavy (non-hydrogen) atoms. The van der Waals surface area contributed by atoms with Gasteiger partial charge in [-0.2, -0.15) is 0 Å². The Hall–Kier alpha value is -2.47. The predicted molar refractivity (Wildman–Crippen MR) is 90.1 cm³/mol. The standard InChI is InChI=1S/C17H22N4O2/c1-12(2)14-6-4-5-7-15(14)21-17-19-10-13(11-20-17)16(22)18-8-9-23-3/h4-7,10-12H,8-9H2,1-3H3,(H,18,22)(H,19,20,21). The van der Waals surface area contributed by atoms with Crippen molar-refractivity contribution in [1.82, 2.24) is 15.3 Å². The van der Waals surface area contributed by atoms with Crippen LogP contribution in [0.2, 0.25) is 0 Å². The number of carbonyl (C=O) groups is 1. The number of amides is 1. The Morgan fingerprint density at radius 2 is 1.91 bits per heavy atom. The summed E-state index contributed by atoms with van der Waals surface area (Å²) in [7, 11) is 1.59. The van der Waals surface area contributed by atoms with Crippen LogP contribution >= 0.6 is 0 Å². The van der Waals surface area contributed by atoms with E-state index in [1.165, 1.54) is 18.0 Å². The van der Waals surface area contributed by atoms with Crippen LogP contribution < -0.4 is 10.6 Å². The molecule has 0 fully saturated rings. The van der Waals surface area contributed by atoms with E-state index < -0.39 is 0 Å². The van der Waals surface area contributed by atoms with Crippen LogP contribution in [0.25, 0.3) is 0 Å². The highest BCUT2D eigenvalue weighted by Crippen LogP contribution is 2.25. The third-order valence-corrected chi connectivity index (χ3v) is 3.34. The number of para-hydroxylation sites is 1. The third-order valence-electron chi connectivity index (χ3n) is 3.34. The number of benzene rings is 1. The topological polar surface area (TPSA) is 76.1 Å². The average molecular weight is 314 g/mol.